The molecule has 1 aromatic carbocycles. The summed E-state index contributed by atoms with van der Waals surface area (Å²) >= 11 is 0. The molecule has 0 saturated heterocycles. The third-order valence-electron chi connectivity index (χ3n) is 1.89. The lowest BCUT2D eigenvalue weighted by atomic mass is 10.2. The summed E-state index contributed by atoms with van der Waals surface area (Å²) in [6.45, 7) is 0. The van der Waals surface area contributed by atoms with E-state index in [1.54, 1.807) is 0 Å². The molecule has 0 radical (unpaired) electrons. The summed E-state index contributed by atoms with van der Waals surface area (Å²) in [5, 5.41) is 23.5. The molecule has 88 valence electrons. The Kier molecular flexibility index (Phi) is 3.21. The molecule has 0 aliphatic heterocycles. The van der Waals surface area contributed by atoms with Gasteiger partial charge < -0.3 is 10.4 Å². The van der Waals surface area contributed by atoms with Gasteiger partial charge in [-0.15, -0.1) is 5.01 Å². The number of benzene rings is 1. The number of alkyl halides is 3. The average Bonchev–Trinajstić information content (AvgIpc) is 2.26. The predicted molar refractivity (Wildman–Crippen MR) is 49.3 cm³/mol. The molecular weight excluding hydrogens is 227 g/mol. The van der Waals surface area contributed by atoms with Gasteiger partial charge >= 0.3 is 6.18 Å². The highest BCUT2D eigenvalue weighted by atomic mass is 19.4. The smallest absolute Gasteiger partial charge is 0.416 e. The first kappa shape index (κ1) is 12.1. The van der Waals surface area contributed by atoms with Gasteiger partial charge in [-0.25, -0.2) is 0 Å². The number of anilines is 1. The molecule has 0 unspecified atom stereocenters. The molecule has 8 heteroatoms. The Balaban J connectivity index is 2.96. The van der Waals surface area contributed by atoms with E-state index < -0.39 is 11.7 Å². The highest BCUT2D eigenvalue weighted by Gasteiger charge is 2.30. The van der Waals surface area contributed by atoms with Crippen molar-refractivity contribution in [3.63, 3.8) is 0 Å². The third kappa shape index (κ3) is 2.53. The van der Waals surface area contributed by atoms with Gasteiger partial charge in [0, 0.05) is 4.97 Å². The maximum atomic E-state index is 12.2. The van der Waals surface area contributed by atoms with E-state index in [4.69, 9.17) is 0 Å². The first-order chi connectivity index (χ1) is 7.36. The molecule has 0 aliphatic carbocycles. The second kappa shape index (κ2) is 4.25. The predicted octanol–water partition coefficient (Wildman–Crippen LogP) is 2.52. The molecule has 0 saturated carbocycles. The van der Waals surface area contributed by atoms with Crippen LogP contribution in [0.5, 0.6) is 0 Å². The standard InChI is InChI=1S/C8H8F3N3O2/c1-13(14(16)12-15)7-4-2-6(3-5-7)8(9,10)11/h2-5,15H,1H3/p-1/b14-12-. The zero-order chi connectivity index (χ0) is 12.3. The Morgan fingerprint density at radius 1 is 1.25 bits per heavy atom. The first-order valence-electron chi connectivity index (χ1n) is 4.07. The fraction of sp³-hybridized carbons (Fsp3) is 0.250. The van der Waals surface area contributed by atoms with Crippen molar-refractivity contribution in [2.24, 2.45) is 5.28 Å². The quantitative estimate of drug-likeness (QED) is 0.448. The largest absolute Gasteiger partial charge is 0.737 e. The average molecular weight is 234 g/mol. The van der Waals surface area contributed by atoms with Crippen LogP contribution in [0.15, 0.2) is 29.5 Å². The summed E-state index contributed by atoms with van der Waals surface area (Å²) in [6, 6.07) is 3.76. The van der Waals surface area contributed by atoms with E-state index in [1.807, 2.05) is 0 Å². The van der Waals surface area contributed by atoms with Crippen LogP contribution in [0.1, 0.15) is 5.56 Å². The molecule has 0 amide bonds. The van der Waals surface area contributed by atoms with Gasteiger partial charge in [0.15, 0.2) is 0 Å². The molecule has 5 nitrogen and oxygen atoms in total. The first-order valence-corrected chi connectivity index (χ1v) is 4.07. The van der Waals surface area contributed by atoms with Crippen LogP contribution in [0.2, 0.25) is 0 Å². The van der Waals surface area contributed by atoms with Gasteiger partial charge in [0.05, 0.1) is 12.6 Å². The van der Waals surface area contributed by atoms with E-state index in [9.17, 15) is 23.6 Å². The van der Waals surface area contributed by atoms with Gasteiger partial charge in [0.2, 0.25) is 0 Å². The molecule has 0 aromatic heterocycles. The Bertz CT molecular complexity index is 389. The van der Waals surface area contributed by atoms with Gasteiger partial charge in [-0.05, 0) is 29.5 Å². The minimum atomic E-state index is -4.43. The van der Waals surface area contributed by atoms with Crippen LogP contribution in [0.3, 0.4) is 0 Å². The minimum Gasteiger partial charge on any atom is -0.737 e. The van der Waals surface area contributed by atoms with Crippen LogP contribution in [0, 0.1) is 10.4 Å². The molecule has 16 heavy (non-hydrogen) atoms. The van der Waals surface area contributed by atoms with Crippen molar-refractivity contribution in [1.82, 2.24) is 0 Å². The third-order valence-corrected chi connectivity index (χ3v) is 1.89. The molecule has 0 spiro atoms. The molecular formula is C8H7F3N3O2-. The molecule has 0 aliphatic rings. The maximum absolute atomic E-state index is 12.2. The molecule has 0 atom stereocenters. The van der Waals surface area contributed by atoms with E-state index in [0.717, 1.165) is 29.3 Å². The number of hydrogen-bond acceptors (Lipinski definition) is 3. The Morgan fingerprint density at radius 3 is 2.12 bits per heavy atom. The summed E-state index contributed by atoms with van der Waals surface area (Å²) in [4.78, 5) is -0.275. The zero-order valence-corrected chi connectivity index (χ0v) is 8.10. The number of rotatable bonds is 2. The lowest BCUT2D eigenvalue weighted by molar-refractivity contribution is -0.535. The van der Waals surface area contributed by atoms with Crippen LogP contribution in [0.25, 0.3) is 0 Å². The zero-order valence-electron chi connectivity index (χ0n) is 8.10. The maximum Gasteiger partial charge on any atom is 0.416 e. The topological polar surface area (TPSA) is 64.7 Å². The summed E-state index contributed by atoms with van der Waals surface area (Å²) in [7, 11) is 1.21. The van der Waals surface area contributed by atoms with E-state index in [1.165, 1.54) is 7.05 Å². The second-order valence-electron chi connectivity index (χ2n) is 2.90. The summed E-state index contributed by atoms with van der Waals surface area (Å²) in [5.74, 6) is 0. The number of halogens is 3. The Labute approximate surface area is 88.5 Å². The van der Waals surface area contributed by atoms with Crippen LogP contribution in [-0.2, 0) is 6.18 Å². The molecule has 0 heterocycles. The lowest BCUT2D eigenvalue weighted by Gasteiger charge is -2.15. The highest BCUT2D eigenvalue weighted by Crippen LogP contribution is 2.30. The van der Waals surface area contributed by atoms with Crippen molar-refractivity contribution in [2.45, 2.75) is 6.18 Å². The van der Waals surface area contributed by atoms with Gasteiger partial charge in [-0.2, -0.15) is 13.2 Å². The van der Waals surface area contributed by atoms with E-state index in [2.05, 4.69) is 5.28 Å². The van der Waals surface area contributed by atoms with Crippen molar-refractivity contribution in [1.29, 1.82) is 0 Å². The van der Waals surface area contributed by atoms with Crippen molar-refractivity contribution >= 4 is 5.69 Å². The van der Waals surface area contributed by atoms with E-state index in [0.29, 0.717) is 0 Å². The number of hydrazine groups is 1. The number of hydrogen-bond donors (Lipinski definition) is 0. The van der Waals surface area contributed by atoms with Crippen LogP contribution < -0.4 is 5.01 Å². The SMILES string of the molecule is CN(c1ccc(C(F)(F)F)cc1)/[N+]([O-])=N/[O-]. The molecule has 0 bridgehead atoms. The molecule has 1 aromatic rings. The second-order valence-corrected chi connectivity index (χ2v) is 2.90. The highest BCUT2D eigenvalue weighted by molar-refractivity contribution is 5.44. The van der Waals surface area contributed by atoms with Crippen molar-refractivity contribution < 1.29 is 18.1 Å². The van der Waals surface area contributed by atoms with Gasteiger partial charge in [-0.1, -0.05) is 0 Å². The van der Waals surface area contributed by atoms with Gasteiger partial charge in [-0.3, -0.25) is 0 Å². The normalized spacial score (nSPS) is 12.6. The van der Waals surface area contributed by atoms with Gasteiger partial charge in [0.1, 0.15) is 5.69 Å². The van der Waals surface area contributed by atoms with Crippen LogP contribution >= 0.6 is 0 Å². The van der Waals surface area contributed by atoms with Crippen LogP contribution in [0.4, 0.5) is 18.9 Å². The summed E-state index contributed by atoms with van der Waals surface area (Å²) in [6.07, 6.45) is -4.43. The van der Waals surface area contributed by atoms with Crippen molar-refractivity contribution in [3.8, 4) is 0 Å². The summed E-state index contributed by atoms with van der Waals surface area (Å²) in [5.41, 5.74) is -0.705. The monoisotopic (exact) mass is 234 g/mol. The van der Waals surface area contributed by atoms with Crippen molar-refractivity contribution in [2.75, 3.05) is 12.1 Å². The fourth-order valence-corrected chi connectivity index (χ4v) is 1.02. The number of nitrogens with zero attached hydrogens (tertiary/aromatic N) is 3. The minimum absolute atomic E-state index is 0.127. The van der Waals surface area contributed by atoms with Crippen LogP contribution in [-0.4, -0.2) is 12.0 Å². The van der Waals surface area contributed by atoms with Gasteiger partial charge in [0.25, 0.3) is 0 Å². The molecule has 0 N–H and O–H groups in total. The Hall–Kier alpha value is -1.99. The van der Waals surface area contributed by atoms with E-state index in [-0.39, 0.29) is 10.7 Å². The van der Waals surface area contributed by atoms with E-state index >= 15 is 0 Å². The lowest BCUT2D eigenvalue weighted by Crippen LogP contribution is -2.25. The summed E-state index contributed by atoms with van der Waals surface area (Å²) < 4.78 is 36.6. The molecule has 0 fully saturated rings. The fourth-order valence-electron chi connectivity index (χ4n) is 1.02. The van der Waals surface area contributed by atoms with Crippen molar-refractivity contribution in [3.05, 3.63) is 40.2 Å². The molecule has 1 rings (SSSR count). The Morgan fingerprint density at radius 2 is 1.75 bits per heavy atom.